The largest absolute Gasteiger partial charge is 0.491 e. The molecule has 2 rings (SSSR count). The Morgan fingerprint density at radius 3 is 2.50 bits per heavy atom. The van der Waals surface area contributed by atoms with E-state index in [0.29, 0.717) is 12.4 Å². The molecule has 2 aromatic carbocycles. The monoisotopic (exact) mass is 215 g/mol. The Labute approximate surface area is 94.5 Å². The molecule has 16 heavy (non-hydrogen) atoms. The summed E-state index contributed by atoms with van der Waals surface area (Å²) in [5.74, 6) is -0.0269. The normalized spacial score (nSPS) is 10.1. The lowest BCUT2D eigenvalue weighted by atomic mass is 10.1. The minimum atomic E-state index is -0.327. The highest BCUT2D eigenvalue weighted by molar-refractivity contribution is 5.64. The van der Waals surface area contributed by atoms with E-state index in [9.17, 15) is 4.39 Å². The van der Waals surface area contributed by atoms with Gasteiger partial charge in [-0.15, -0.1) is 0 Å². The van der Waals surface area contributed by atoms with Crippen molar-refractivity contribution in [2.45, 2.75) is 6.92 Å². The molecule has 0 aliphatic heterocycles. The number of halogens is 1. The highest BCUT2D eigenvalue weighted by Gasteiger charge is 2.05. The average Bonchev–Trinajstić information content (AvgIpc) is 2.33. The van der Waals surface area contributed by atoms with Gasteiger partial charge in [-0.25, -0.2) is 4.39 Å². The lowest BCUT2D eigenvalue weighted by Crippen LogP contribution is -1.94. The summed E-state index contributed by atoms with van der Waals surface area (Å²) >= 11 is 0. The van der Waals surface area contributed by atoms with E-state index in [4.69, 9.17) is 4.74 Å². The summed E-state index contributed by atoms with van der Waals surface area (Å²) in [4.78, 5) is 0. The molecule has 0 fully saturated rings. The van der Waals surface area contributed by atoms with Crippen LogP contribution in [0.4, 0.5) is 4.39 Å². The predicted molar refractivity (Wildman–Crippen MR) is 61.8 cm³/mol. The van der Waals surface area contributed by atoms with Gasteiger partial charge in [0.1, 0.15) is 0 Å². The molecule has 0 atom stereocenters. The Morgan fingerprint density at radius 2 is 1.88 bits per heavy atom. The van der Waals surface area contributed by atoms with Gasteiger partial charge in [0.05, 0.1) is 6.61 Å². The summed E-state index contributed by atoms with van der Waals surface area (Å²) < 4.78 is 18.7. The molecular weight excluding hydrogens is 203 g/mol. The first-order valence-electron chi connectivity index (χ1n) is 5.20. The minimum absolute atomic E-state index is 0.300. The second-order valence-corrected chi connectivity index (χ2v) is 3.37. The second kappa shape index (κ2) is 4.79. The molecule has 0 aliphatic carbocycles. The zero-order valence-electron chi connectivity index (χ0n) is 9.03. The van der Waals surface area contributed by atoms with Gasteiger partial charge in [0.25, 0.3) is 0 Å². The fraction of sp³-hybridized carbons (Fsp3) is 0.143. The van der Waals surface area contributed by atoms with Crippen LogP contribution in [0, 0.1) is 11.9 Å². The summed E-state index contributed by atoms with van der Waals surface area (Å²) in [5, 5.41) is 0. The fourth-order valence-corrected chi connectivity index (χ4v) is 1.53. The van der Waals surface area contributed by atoms with Gasteiger partial charge in [-0.2, -0.15) is 0 Å². The maximum absolute atomic E-state index is 13.6. The Morgan fingerprint density at radius 1 is 1.12 bits per heavy atom. The zero-order chi connectivity index (χ0) is 11.4. The molecule has 0 aliphatic rings. The molecule has 0 spiro atoms. The van der Waals surface area contributed by atoms with E-state index in [-0.39, 0.29) is 5.82 Å². The van der Waals surface area contributed by atoms with Crippen molar-refractivity contribution in [2.24, 2.45) is 0 Å². The van der Waals surface area contributed by atoms with Crippen molar-refractivity contribution in [1.82, 2.24) is 0 Å². The van der Waals surface area contributed by atoms with E-state index in [1.54, 1.807) is 6.07 Å². The van der Waals surface area contributed by atoms with Gasteiger partial charge in [-0.3, -0.25) is 0 Å². The number of rotatable bonds is 3. The van der Waals surface area contributed by atoms with Gasteiger partial charge in [-0.1, -0.05) is 30.3 Å². The molecule has 2 heteroatoms. The van der Waals surface area contributed by atoms with Crippen LogP contribution in [-0.2, 0) is 0 Å². The van der Waals surface area contributed by atoms with Gasteiger partial charge in [0, 0.05) is 0 Å². The third-order valence-corrected chi connectivity index (χ3v) is 2.28. The molecule has 0 amide bonds. The Bertz CT molecular complexity index is 465. The van der Waals surface area contributed by atoms with Crippen molar-refractivity contribution < 1.29 is 9.13 Å². The highest BCUT2D eigenvalue weighted by atomic mass is 19.1. The third kappa shape index (κ3) is 2.22. The average molecular weight is 215 g/mol. The van der Waals surface area contributed by atoms with Crippen LogP contribution in [0.3, 0.4) is 0 Å². The van der Waals surface area contributed by atoms with Crippen molar-refractivity contribution >= 4 is 0 Å². The van der Waals surface area contributed by atoms with Gasteiger partial charge >= 0.3 is 0 Å². The summed E-state index contributed by atoms with van der Waals surface area (Å²) in [5.41, 5.74) is 1.82. The number of ether oxygens (including phenoxy) is 1. The first-order chi connectivity index (χ1) is 7.81. The maximum Gasteiger partial charge on any atom is 0.165 e. The van der Waals surface area contributed by atoms with Crippen molar-refractivity contribution in [3.8, 4) is 16.9 Å². The summed E-state index contributed by atoms with van der Waals surface area (Å²) in [6, 6.07) is 15.3. The van der Waals surface area contributed by atoms with Crippen LogP contribution in [0.25, 0.3) is 11.1 Å². The molecule has 0 saturated heterocycles. The van der Waals surface area contributed by atoms with Gasteiger partial charge in [0.15, 0.2) is 11.6 Å². The van der Waals surface area contributed by atoms with Crippen molar-refractivity contribution in [1.29, 1.82) is 0 Å². The summed E-state index contributed by atoms with van der Waals surface area (Å²) in [6.07, 6.45) is 0. The van der Waals surface area contributed by atoms with Crippen LogP contribution in [0.2, 0.25) is 0 Å². The summed E-state index contributed by atoms with van der Waals surface area (Å²) in [6.45, 7) is 2.30. The van der Waals surface area contributed by atoms with Crippen molar-refractivity contribution in [3.63, 3.8) is 0 Å². The third-order valence-electron chi connectivity index (χ3n) is 2.28. The predicted octanol–water partition coefficient (Wildman–Crippen LogP) is 3.69. The molecule has 0 unspecified atom stereocenters. The highest BCUT2D eigenvalue weighted by Crippen LogP contribution is 2.25. The maximum atomic E-state index is 13.6. The second-order valence-electron chi connectivity index (χ2n) is 3.37. The molecule has 2 aromatic rings. The molecule has 0 saturated carbocycles. The fourth-order valence-electron chi connectivity index (χ4n) is 1.53. The molecule has 0 N–H and O–H groups in total. The summed E-state index contributed by atoms with van der Waals surface area (Å²) in [7, 11) is 0. The lowest BCUT2D eigenvalue weighted by Gasteiger charge is -2.06. The van der Waals surface area contributed by atoms with Gasteiger partial charge in [0.2, 0.25) is 0 Å². The van der Waals surface area contributed by atoms with E-state index >= 15 is 0 Å². The number of benzene rings is 2. The van der Waals surface area contributed by atoms with E-state index in [1.807, 2.05) is 37.3 Å². The topological polar surface area (TPSA) is 9.23 Å². The minimum Gasteiger partial charge on any atom is -0.491 e. The molecule has 81 valence electrons. The smallest absolute Gasteiger partial charge is 0.165 e. The zero-order valence-corrected chi connectivity index (χ0v) is 9.03. The van der Waals surface area contributed by atoms with Crippen LogP contribution in [-0.4, -0.2) is 6.61 Å². The molecule has 1 nitrogen and oxygen atoms in total. The van der Waals surface area contributed by atoms with Crippen LogP contribution >= 0.6 is 0 Å². The Balaban J connectivity index is 2.35. The lowest BCUT2D eigenvalue weighted by molar-refractivity contribution is 0.321. The molecule has 0 heterocycles. The van der Waals surface area contributed by atoms with Gasteiger partial charge < -0.3 is 4.74 Å². The van der Waals surface area contributed by atoms with Crippen LogP contribution in [0.15, 0.2) is 42.5 Å². The van der Waals surface area contributed by atoms with Crippen LogP contribution in [0.1, 0.15) is 6.92 Å². The van der Waals surface area contributed by atoms with Gasteiger partial charge in [-0.05, 0) is 36.2 Å². The number of hydrogen-bond donors (Lipinski definition) is 0. The molecular formula is C14H12FO. The van der Waals surface area contributed by atoms with E-state index in [2.05, 4.69) is 6.07 Å². The molecule has 0 aromatic heterocycles. The molecule has 1 radical (unpaired) electrons. The first kappa shape index (κ1) is 10.7. The van der Waals surface area contributed by atoms with E-state index in [0.717, 1.165) is 11.1 Å². The van der Waals surface area contributed by atoms with E-state index in [1.165, 1.54) is 6.07 Å². The standard InChI is InChI=1S/C14H12FO/c1-2-16-14-9-8-12(10-13(14)15)11-6-4-3-5-7-11/h4-10H,2H2,1H3. The van der Waals surface area contributed by atoms with Crippen LogP contribution in [0.5, 0.6) is 5.75 Å². The quantitative estimate of drug-likeness (QED) is 0.758. The van der Waals surface area contributed by atoms with E-state index < -0.39 is 0 Å². The molecule has 0 bridgehead atoms. The van der Waals surface area contributed by atoms with Crippen molar-refractivity contribution in [2.75, 3.05) is 6.61 Å². The van der Waals surface area contributed by atoms with Crippen molar-refractivity contribution in [3.05, 3.63) is 54.3 Å². The Kier molecular flexibility index (Phi) is 3.20. The number of hydrogen-bond acceptors (Lipinski definition) is 1. The Hall–Kier alpha value is -1.83. The van der Waals surface area contributed by atoms with Crippen LogP contribution < -0.4 is 4.74 Å². The first-order valence-corrected chi connectivity index (χ1v) is 5.20. The SMILES string of the molecule is CCOc1ccc(-c2cc[c]cc2)cc1F.